The molecular weight excluding hydrogens is 362 g/mol. The summed E-state index contributed by atoms with van der Waals surface area (Å²) in [6.07, 6.45) is 0. The molecule has 1 N–H and O–H groups in total. The Hall–Kier alpha value is -1.73. The van der Waals surface area contributed by atoms with E-state index in [4.69, 9.17) is 0 Å². The van der Waals surface area contributed by atoms with Gasteiger partial charge in [0.15, 0.2) is 0 Å². The Bertz CT molecular complexity index is 674. The zero-order chi connectivity index (χ0) is 16.9. The zero-order valence-corrected chi connectivity index (χ0v) is 14.7. The summed E-state index contributed by atoms with van der Waals surface area (Å²) in [6, 6.07) is 6.55. The van der Waals surface area contributed by atoms with Crippen LogP contribution < -0.4 is 5.32 Å². The molecule has 0 spiro atoms. The number of nitrogens with zero attached hydrogens (tertiary/aromatic N) is 2. The standard InChI is InChI=1S/C16H18BrN3O3/c1-19(2)16(23)13-11-10(14(21)20(3)15(11)22)12(18-13)8-4-6-9(17)7-5-8/h4-7,10-13,18H,1-3H3/t10-,11+,12+,13+/m0/s1. The second-order valence-corrected chi connectivity index (χ2v) is 7.11. The zero-order valence-electron chi connectivity index (χ0n) is 13.1. The molecule has 0 aliphatic carbocycles. The molecule has 6 nitrogen and oxygen atoms in total. The molecule has 4 atom stereocenters. The van der Waals surface area contributed by atoms with Gasteiger partial charge in [0.05, 0.1) is 17.9 Å². The van der Waals surface area contributed by atoms with Gasteiger partial charge in [-0.05, 0) is 17.7 Å². The minimum absolute atomic E-state index is 0.184. The van der Waals surface area contributed by atoms with E-state index in [9.17, 15) is 14.4 Å². The van der Waals surface area contributed by atoms with Crippen LogP contribution in [-0.2, 0) is 14.4 Å². The fourth-order valence-corrected chi connectivity index (χ4v) is 3.70. The molecule has 2 aliphatic rings. The second kappa shape index (κ2) is 5.72. The summed E-state index contributed by atoms with van der Waals surface area (Å²) >= 11 is 3.39. The van der Waals surface area contributed by atoms with Crippen LogP contribution in [0.15, 0.2) is 28.7 Å². The maximum atomic E-state index is 12.5. The average Bonchev–Trinajstić information content (AvgIpc) is 3.01. The lowest BCUT2D eigenvalue weighted by Crippen LogP contribution is -2.46. The van der Waals surface area contributed by atoms with E-state index in [1.807, 2.05) is 24.3 Å². The molecule has 1 aromatic rings. The van der Waals surface area contributed by atoms with E-state index in [0.29, 0.717) is 0 Å². The third-order valence-corrected chi connectivity index (χ3v) is 5.16. The van der Waals surface area contributed by atoms with Crippen LogP contribution in [0, 0.1) is 11.8 Å². The summed E-state index contributed by atoms with van der Waals surface area (Å²) in [5.74, 6) is -1.88. The van der Waals surface area contributed by atoms with Gasteiger partial charge in [-0.3, -0.25) is 24.6 Å². The maximum Gasteiger partial charge on any atom is 0.240 e. The Balaban J connectivity index is 2.02. The second-order valence-electron chi connectivity index (χ2n) is 6.19. The van der Waals surface area contributed by atoms with Gasteiger partial charge in [-0.15, -0.1) is 0 Å². The Morgan fingerprint density at radius 3 is 2.26 bits per heavy atom. The Kier molecular flexibility index (Phi) is 4.01. The van der Waals surface area contributed by atoms with Crippen molar-refractivity contribution in [2.75, 3.05) is 21.1 Å². The van der Waals surface area contributed by atoms with Crippen LogP contribution in [0.1, 0.15) is 11.6 Å². The van der Waals surface area contributed by atoms with Crippen molar-refractivity contribution < 1.29 is 14.4 Å². The molecule has 7 heteroatoms. The third kappa shape index (κ3) is 2.48. The van der Waals surface area contributed by atoms with Crippen LogP contribution in [0.2, 0.25) is 0 Å². The molecule has 3 rings (SSSR count). The topological polar surface area (TPSA) is 69.7 Å². The molecule has 122 valence electrons. The normalized spacial score (nSPS) is 29.8. The van der Waals surface area contributed by atoms with E-state index >= 15 is 0 Å². The van der Waals surface area contributed by atoms with E-state index in [0.717, 1.165) is 14.9 Å². The van der Waals surface area contributed by atoms with E-state index in [1.54, 1.807) is 14.1 Å². The van der Waals surface area contributed by atoms with Gasteiger partial charge >= 0.3 is 0 Å². The number of fused-ring (bicyclic) bond motifs is 1. The summed E-state index contributed by atoms with van der Waals surface area (Å²) in [5.41, 5.74) is 0.897. The molecule has 0 aromatic heterocycles. The van der Waals surface area contributed by atoms with Crippen molar-refractivity contribution in [3.63, 3.8) is 0 Å². The lowest BCUT2D eigenvalue weighted by Gasteiger charge is -2.22. The predicted molar refractivity (Wildman–Crippen MR) is 87.3 cm³/mol. The maximum absolute atomic E-state index is 12.5. The predicted octanol–water partition coefficient (Wildman–Crippen LogP) is 0.781. The number of hydrogen-bond acceptors (Lipinski definition) is 4. The summed E-state index contributed by atoms with van der Waals surface area (Å²) in [5, 5.41) is 3.22. The average molecular weight is 380 g/mol. The van der Waals surface area contributed by atoms with Crippen molar-refractivity contribution in [3.05, 3.63) is 34.3 Å². The van der Waals surface area contributed by atoms with Crippen molar-refractivity contribution >= 4 is 33.7 Å². The Morgan fingerprint density at radius 2 is 1.70 bits per heavy atom. The summed E-state index contributed by atoms with van der Waals surface area (Å²) in [7, 11) is 4.78. The first-order valence-corrected chi connectivity index (χ1v) is 8.16. The number of likely N-dealkylation sites (N-methyl/N-ethyl adjacent to an activating group) is 1. The van der Waals surface area contributed by atoms with Gasteiger partial charge in [0.25, 0.3) is 0 Å². The first kappa shape index (κ1) is 16.1. The van der Waals surface area contributed by atoms with Crippen LogP contribution in [-0.4, -0.2) is 54.7 Å². The number of hydrogen-bond donors (Lipinski definition) is 1. The van der Waals surface area contributed by atoms with Crippen LogP contribution >= 0.6 is 15.9 Å². The van der Waals surface area contributed by atoms with E-state index in [1.165, 1.54) is 11.9 Å². The highest BCUT2D eigenvalue weighted by atomic mass is 79.9. The smallest absolute Gasteiger partial charge is 0.240 e. The largest absolute Gasteiger partial charge is 0.347 e. The molecule has 2 aliphatic heterocycles. The molecule has 0 unspecified atom stereocenters. The molecule has 2 saturated heterocycles. The molecule has 23 heavy (non-hydrogen) atoms. The van der Waals surface area contributed by atoms with E-state index in [-0.39, 0.29) is 23.8 Å². The number of carbonyl (C=O) groups is 3. The number of carbonyl (C=O) groups excluding carboxylic acids is 3. The third-order valence-electron chi connectivity index (χ3n) is 4.63. The highest BCUT2D eigenvalue weighted by Gasteiger charge is 2.60. The van der Waals surface area contributed by atoms with Crippen molar-refractivity contribution in [1.82, 2.24) is 15.1 Å². The first-order valence-electron chi connectivity index (χ1n) is 7.37. The lowest BCUT2D eigenvalue weighted by molar-refractivity contribution is -0.141. The molecule has 2 fully saturated rings. The SMILES string of the molecule is CN(C)C(=O)[C@@H]1N[C@H](c2ccc(Br)cc2)[C@H]2C(=O)N(C)C(=O)[C@H]21. The molecule has 3 amide bonds. The summed E-state index contributed by atoms with van der Waals surface area (Å²) in [4.78, 5) is 40.0. The lowest BCUT2D eigenvalue weighted by atomic mass is 9.86. The highest BCUT2D eigenvalue weighted by Crippen LogP contribution is 2.43. The van der Waals surface area contributed by atoms with Crippen LogP contribution in [0.25, 0.3) is 0 Å². The fraction of sp³-hybridized carbons (Fsp3) is 0.438. The Morgan fingerprint density at radius 1 is 1.13 bits per heavy atom. The molecule has 2 heterocycles. The monoisotopic (exact) mass is 379 g/mol. The summed E-state index contributed by atoms with van der Waals surface area (Å²) < 4.78 is 0.933. The molecule has 1 aromatic carbocycles. The minimum atomic E-state index is -0.676. The number of halogens is 1. The van der Waals surface area contributed by atoms with Crippen molar-refractivity contribution in [2.45, 2.75) is 12.1 Å². The molecule has 0 saturated carbocycles. The molecular formula is C16H18BrN3O3. The van der Waals surface area contributed by atoms with Gasteiger partial charge in [-0.25, -0.2) is 0 Å². The van der Waals surface area contributed by atoms with Gasteiger partial charge in [-0.1, -0.05) is 28.1 Å². The number of rotatable bonds is 2. The number of likely N-dealkylation sites (tertiary alicyclic amines) is 1. The van der Waals surface area contributed by atoms with Crippen molar-refractivity contribution in [1.29, 1.82) is 0 Å². The first-order chi connectivity index (χ1) is 10.8. The van der Waals surface area contributed by atoms with Gasteiger partial charge in [0, 0.05) is 31.7 Å². The van der Waals surface area contributed by atoms with Crippen LogP contribution in [0.4, 0.5) is 0 Å². The van der Waals surface area contributed by atoms with Gasteiger partial charge in [0.2, 0.25) is 17.7 Å². The van der Waals surface area contributed by atoms with Gasteiger partial charge in [0.1, 0.15) is 0 Å². The Labute approximate surface area is 142 Å². The fourth-order valence-electron chi connectivity index (χ4n) is 3.44. The van der Waals surface area contributed by atoms with Crippen LogP contribution in [0.5, 0.6) is 0 Å². The number of benzene rings is 1. The van der Waals surface area contributed by atoms with E-state index in [2.05, 4.69) is 21.2 Å². The molecule has 0 bridgehead atoms. The number of nitrogens with one attached hydrogen (secondary N) is 1. The minimum Gasteiger partial charge on any atom is -0.347 e. The van der Waals surface area contributed by atoms with Crippen molar-refractivity contribution in [2.24, 2.45) is 11.8 Å². The summed E-state index contributed by atoms with van der Waals surface area (Å²) in [6.45, 7) is 0. The highest BCUT2D eigenvalue weighted by molar-refractivity contribution is 9.10. The number of amides is 3. The van der Waals surface area contributed by atoms with Crippen molar-refractivity contribution in [3.8, 4) is 0 Å². The quantitative estimate of drug-likeness (QED) is 0.771. The van der Waals surface area contributed by atoms with Crippen LogP contribution in [0.3, 0.4) is 0 Å². The number of imide groups is 1. The van der Waals surface area contributed by atoms with E-state index < -0.39 is 17.9 Å². The molecule has 0 radical (unpaired) electrons. The van der Waals surface area contributed by atoms with Gasteiger partial charge < -0.3 is 4.90 Å². The van der Waals surface area contributed by atoms with Gasteiger partial charge in [-0.2, -0.15) is 0 Å².